The first-order valence-electron chi connectivity index (χ1n) is 14.6. The molecule has 10 heteroatoms. The van der Waals surface area contributed by atoms with Crippen LogP contribution >= 0.6 is 0 Å². The van der Waals surface area contributed by atoms with E-state index in [0.717, 1.165) is 21.0 Å². The summed E-state index contributed by atoms with van der Waals surface area (Å²) in [6.07, 6.45) is 1.44. The number of anilines is 1. The lowest BCUT2D eigenvalue weighted by molar-refractivity contribution is -0.123. The molecule has 2 N–H and O–H groups in total. The van der Waals surface area contributed by atoms with E-state index in [2.05, 4.69) is 29.7 Å². The molecule has 0 unspecified atom stereocenters. The molecule has 0 aliphatic carbocycles. The highest BCUT2D eigenvalue weighted by Crippen LogP contribution is 2.26. The Morgan fingerprint density at radius 3 is 2.09 bits per heavy atom. The molecule has 4 aromatic carbocycles. The van der Waals surface area contributed by atoms with Crippen molar-refractivity contribution in [1.29, 1.82) is 0 Å². The van der Waals surface area contributed by atoms with Gasteiger partial charge in [-0.15, -0.1) is 0 Å². The molecule has 0 aromatic heterocycles. The highest BCUT2D eigenvalue weighted by molar-refractivity contribution is 7.92. The summed E-state index contributed by atoms with van der Waals surface area (Å²) in [6.45, 7) is 7.28. The van der Waals surface area contributed by atoms with E-state index in [1.807, 2.05) is 56.3 Å². The molecular weight excluding hydrogens is 588 g/mol. The Morgan fingerprint density at radius 2 is 1.47 bits per heavy atom. The summed E-state index contributed by atoms with van der Waals surface area (Å²) in [5.74, 6) is -0.0774. The van der Waals surface area contributed by atoms with Gasteiger partial charge in [-0.1, -0.05) is 74.0 Å². The second kappa shape index (κ2) is 15.2. The van der Waals surface area contributed by atoms with Crippen molar-refractivity contribution in [2.45, 2.75) is 44.6 Å². The fraction of sp³-hybridized carbons (Fsp3) is 0.229. The van der Waals surface area contributed by atoms with Crippen LogP contribution in [0.5, 0.6) is 5.75 Å². The quantitative estimate of drug-likeness (QED) is 0.145. The number of ether oxygens (including phenoxy) is 1. The average molecular weight is 627 g/mol. The van der Waals surface area contributed by atoms with E-state index in [1.54, 1.807) is 48.5 Å². The SMILES string of the molecule is Cc1ccc(S(=O)(=O)N(CC(=O)N/N=C\c2ccc(OCC(=O)N[C@@H](C)c3ccccc3)cc2)c2ccc(C(C)C)cc2)cc1. The number of hydrogen-bond acceptors (Lipinski definition) is 6. The molecule has 45 heavy (non-hydrogen) atoms. The maximum Gasteiger partial charge on any atom is 0.264 e. The van der Waals surface area contributed by atoms with Gasteiger partial charge in [-0.3, -0.25) is 13.9 Å². The molecule has 0 fully saturated rings. The van der Waals surface area contributed by atoms with Crippen LogP contribution in [0.1, 0.15) is 55.0 Å². The number of aryl methyl sites for hydroxylation is 1. The van der Waals surface area contributed by atoms with Crippen LogP contribution in [0.3, 0.4) is 0 Å². The maximum atomic E-state index is 13.6. The van der Waals surface area contributed by atoms with Gasteiger partial charge < -0.3 is 10.1 Å². The molecule has 0 aliphatic heterocycles. The van der Waals surface area contributed by atoms with Gasteiger partial charge in [0, 0.05) is 0 Å². The zero-order chi connectivity index (χ0) is 32.4. The highest BCUT2D eigenvalue weighted by Gasteiger charge is 2.27. The first-order chi connectivity index (χ1) is 21.5. The molecule has 234 valence electrons. The van der Waals surface area contributed by atoms with Gasteiger partial charge in [0.05, 0.1) is 22.8 Å². The molecule has 0 radical (unpaired) electrons. The standard InChI is InChI=1S/C35H38N4O5S/c1-25(2)29-14-16-31(17-15-29)39(45(42,43)33-20-10-26(3)11-21-33)23-34(40)38-36-22-28-12-18-32(19-13-28)44-24-35(41)37-27(4)30-8-6-5-7-9-30/h5-22,25,27H,23-24H2,1-4H3,(H,37,41)(H,38,40)/b36-22-/t27-/m0/s1. The number of hydrazone groups is 1. The largest absolute Gasteiger partial charge is 0.484 e. The van der Waals surface area contributed by atoms with Crippen molar-refractivity contribution >= 4 is 33.7 Å². The van der Waals surface area contributed by atoms with Gasteiger partial charge in [0.15, 0.2) is 6.61 Å². The van der Waals surface area contributed by atoms with Gasteiger partial charge in [0.25, 0.3) is 21.8 Å². The second-order valence-electron chi connectivity index (χ2n) is 10.9. The molecule has 1 atom stereocenters. The number of carbonyl (C=O) groups is 2. The lowest BCUT2D eigenvalue weighted by atomic mass is 10.0. The van der Waals surface area contributed by atoms with Crippen LogP contribution in [0, 0.1) is 6.92 Å². The third kappa shape index (κ3) is 9.26. The topological polar surface area (TPSA) is 117 Å². The highest BCUT2D eigenvalue weighted by atomic mass is 32.2. The number of nitrogens with zero attached hydrogens (tertiary/aromatic N) is 2. The molecule has 4 aromatic rings. The summed E-state index contributed by atoms with van der Waals surface area (Å²) < 4.78 is 33.9. The molecule has 0 saturated carbocycles. The van der Waals surface area contributed by atoms with Crippen molar-refractivity contribution in [3.63, 3.8) is 0 Å². The van der Waals surface area contributed by atoms with Crippen LogP contribution in [0.4, 0.5) is 5.69 Å². The van der Waals surface area contributed by atoms with E-state index in [0.29, 0.717) is 17.0 Å². The van der Waals surface area contributed by atoms with Crippen molar-refractivity contribution in [2.24, 2.45) is 5.10 Å². The number of benzene rings is 4. The zero-order valence-electron chi connectivity index (χ0n) is 25.8. The predicted molar refractivity (Wildman–Crippen MR) is 177 cm³/mol. The number of nitrogens with one attached hydrogen (secondary N) is 2. The normalized spacial score (nSPS) is 12.1. The molecule has 0 bridgehead atoms. The molecule has 2 amide bonds. The third-order valence-electron chi connectivity index (χ3n) is 7.07. The third-order valence-corrected chi connectivity index (χ3v) is 8.86. The van der Waals surface area contributed by atoms with Crippen molar-refractivity contribution in [3.05, 3.63) is 125 Å². The Morgan fingerprint density at radius 1 is 0.822 bits per heavy atom. The van der Waals surface area contributed by atoms with Gasteiger partial charge in [0.2, 0.25) is 0 Å². The fourth-order valence-corrected chi connectivity index (χ4v) is 5.85. The van der Waals surface area contributed by atoms with Gasteiger partial charge in [-0.2, -0.15) is 5.10 Å². The number of carbonyl (C=O) groups excluding carboxylic acids is 2. The summed E-state index contributed by atoms with van der Waals surface area (Å²) in [6, 6.07) is 30.0. The Kier molecular flexibility index (Phi) is 11.1. The summed E-state index contributed by atoms with van der Waals surface area (Å²) in [7, 11) is -4.04. The van der Waals surface area contributed by atoms with E-state index < -0.39 is 22.5 Å². The van der Waals surface area contributed by atoms with Crippen molar-refractivity contribution in [2.75, 3.05) is 17.5 Å². The molecule has 0 aliphatic rings. The fourth-order valence-electron chi connectivity index (χ4n) is 4.43. The molecule has 4 rings (SSSR count). The maximum absolute atomic E-state index is 13.6. The lowest BCUT2D eigenvalue weighted by Gasteiger charge is -2.24. The number of amides is 2. The van der Waals surface area contributed by atoms with Crippen molar-refractivity contribution in [3.8, 4) is 5.75 Å². The Balaban J connectivity index is 1.35. The van der Waals surface area contributed by atoms with Gasteiger partial charge in [-0.25, -0.2) is 13.8 Å². The summed E-state index contributed by atoms with van der Waals surface area (Å²) in [5, 5.41) is 6.91. The zero-order valence-corrected chi connectivity index (χ0v) is 26.6. The molecule has 0 spiro atoms. The van der Waals surface area contributed by atoms with Crippen LogP contribution in [0.25, 0.3) is 0 Å². The van der Waals surface area contributed by atoms with Crippen LogP contribution in [-0.2, 0) is 19.6 Å². The number of sulfonamides is 1. The Labute approximate surface area is 265 Å². The molecule has 0 saturated heterocycles. The van der Waals surface area contributed by atoms with Crippen LogP contribution < -0.4 is 19.8 Å². The van der Waals surface area contributed by atoms with Gasteiger partial charge >= 0.3 is 0 Å². The van der Waals surface area contributed by atoms with Crippen molar-refractivity contribution < 1.29 is 22.7 Å². The second-order valence-corrected chi connectivity index (χ2v) is 12.8. The van der Waals surface area contributed by atoms with Gasteiger partial charge in [-0.05, 0) is 85.0 Å². The first kappa shape index (κ1) is 32.9. The predicted octanol–water partition coefficient (Wildman–Crippen LogP) is 5.72. The summed E-state index contributed by atoms with van der Waals surface area (Å²) >= 11 is 0. The summed E-state index contributed by atoms with van der Waals surface area (Å²) in [5.41, 5.74) is 6.44. The van der Waals surface area contributed by atoms with E-state index >= 15 is 0 Å². The number of rotatable bonds is 13. The van der Waals surface area contributed by atoms with Crippen LogP contribution in [-0.4, -0.2) is 39.6 Å². The summed E-state index contributed by atoms with van der Waals surface area (Å²) in [4.78, 5) is 25.3. The minimum atomic E-state index is -4.04. The lowest BCUT2D eigenvalue weighted by Crippen LogP contribution is -2.39. The minimum Gasteiger partial charge on any atom is -0.484 e. The number of hydrogen-bond donors (Lipinski definition) is 2. The smallest absolute Gasteiger partial charge is 0.264 e. The van der Waals surface area contributed by atoms with E-state index in [4.69, 9.17) is 4.74 Å². The van der Waals surface area contributed by atoms with Crippen molar-refractivity contribution in [1.82, 2.24) is 10.7 Å². The van der Waals surface area contributed by atoms with E-state index in [-0.39, 0.29) is 29.4 Å². The monoisotopic (exact) mass is 626 g/mol. The van der Waals surface area contributed by atoms with Gasteiger partial charge in [0.1, 0.15) is 12.3 Å². The average Bonchev–Trinajstić information content (AvgIpc) is 3.04. The Bertz CT molecular complexity index is 1710. The van der Waals surface area contributed by atoms with Crippen LogP contribution in [0.2, 0.25) is 0 Å². The van der Waals surface area contributed by atoms with Crippen LogP contribution in [0.15, 0.2) is 113 Å². The molecule has 0 heterocycles. The minimum absolute atomic E-state index is 0.0860. The van der Waals surface area contributed by atoms with E-state index in [1.165, 1.54) is 18.3 Å². The van der Waals surface area contributed by atoms with E-state index in [9.17, 15) is 18.0 Å². The molecular formula is C35H38N4O5S. The first-order valence-corrected chi connectivity index (χ1v) is 16.1. The molecule has 9 nitrogen and oxygen atoms in total. The Hall–Kier alpha value is -4.96.